The van der Waals surface area contributed by atoms with Crippen LogP contribution < -0.4 is 10.5 Å². The van der Waals surface area contributed by atoms with Gasteiger partial charge in [0.15, 0.2) is 0 Å². The molecular weight excluding hydrogens is 152 g/mol. The second kappa shape index (κ2) is 4.72. The number of nitrogens with two attached hydrogens (primary N) is 1. The van der Waals surface area contributed by atoms with Crippen molar-refractivity contribution in [2.45, 2.75) is 27.5 Å². The predicted octanol–water partition coefficient (Wildman–Crippen LogP) is 1.71. The van der Waals surface area contributed by atoms with Crippen LogP contribution in [-0.4, -0.2) is 11.2 Å². The van der Waals surface area contributed by atoms with E-state index >= 15 is 0 Å². The van der Waals surface area contributed by atoms with E-state index in [1.54, 1.807) is 25.4 Å². The van der Waals surface area contributed by atoms with E-state index in [-0.39, 0.29) is 13.7 Å². The van der Waals surface area contributed by atoms with Crippen LogP contribution in [0.2, 0.25) is 0 Å². The van der Waals surface area contributed by atoms with Gasteiger partial charge in [0.05, 0.1) is 0 Å². The van der Waals surface area contributed by atoms with Gasteiger partial charge < -0.3 is 4.74 Å². The van der Waals surface area contributed by atoms with E-state index in [4.69, 9.17) is 10.5 Å². The number of ether oxygens (including phenoxy) is 1. The first-order valence-corrected chi connectivity index (χ1v) is 3.53. The van der Waals surface area contributed by atoms with E-state index in [0.29, 0.717) is 0 Å². The Hall–Kier alpha value is -1.09. The second-order valence-electron chi connectivity index (χ2n) is 2.46. The number of hydrogen-bond donors (Lipinski definition) is 1. The molecule has 2 N–H and O–H groups in total. The molecule has 1 unspecified atom stereocenters. The Morgan fingerprint density at radius 1 is 1.58 bits per heavy atom. The Kier molecular flexibility index (Phi) is 4.29. The number of pyridine rings is 1. The number of aryl methyl sites for hydroxylation is 1. The topological polar surface area (TPSA) is 48.1 Å². The van der Waals surface area contributed by atoms with E-state index in [1.165, 1.54) is 0 Å². The minimum absolute atomic E-state index is 0. The van der Waals surface area contributed by atoms with Crippen LogP contribution in [0.3, 0.4) is 0 Å². The van der Waals surface area contributed by atoms with Crippen molar-refractivity contribution in [2.75, 3.05) is 0 Å². The molecule has 3 nitrogen and oxygen atoms in total. The molecule has 12 heavy (non-hydrogen) atoms. The summed E-state index contributed by atoms with van der Waals surface area (Å²) in [7, 11) is 0. The van der Waals surface area contributed by atoms with Crippen LogP contribution in [-0.2, 0) is 0 Å². The van der Waals surface area contributed by atoms with Crippen LogP contribution in [0.5, 0.6) is 5.75 Å². The monoisotopic (exact) mass is 168 g/mol. The van der Waals surface area contributed by atoms with Crippen LogP contribution >= 0.6 is 0 Å². The van der Waals surface area contributed by atoms with Gasteiger partial charge in [0, 0.05) is 18.0 Å². The maximum absolute atomic E-state index is 5.45. The van der Waals surface area contributed by atoms with Gasteiger partial charge in [-0.1, -0.05) is 7.43 Å². The molecule has 0 aromatic carbocycles. The highest BCUT2D eigenvalue weighted by atomic mass is 16.5. The molecule has 1 atom stereocenters. The van der Waals surface area contributed by atoms with Crippen LogP contribution in [0.1, 0.15) is 19.9 Å². The first-order chi connectivity index (χ1) is 5.20. The molecule has 1 aromatic rings. The first-order valence-electron chi connectivity index (χ1n) is 3.53. The summed E-state index contributed by atoms with van der Waals surface area (Å²) >= 11 is 0. The van der Waals surface area contributed by atoms with Crippen molar-refractivity contribution in [3.63, 3.8) is 0 Å². The molecule has 0 bridgehead atoms. The van der Waals surface area contributed by atoms with Gasteiger partial charge in [-0.2, -0.15) is 0 Å². The van der Waals surface area contributed by atoms with Gasteiger partial charge in [0.2, 0.25) is 0 Å². The SMILES string of the molecule is C.Cc1cnccc1OC(C)N. The maximum atomic E-state index is 5.45. The van der Waals surface area contributed by atoms with Crippen molar-refractivity contribution in [3.05, 3.63) is 24.0 Å². The van der Waals surface area contributed by atoms with Crippen molar-refractivity contribution in [1.29, 1.82) is 0 Å². The summed E-state index contributed by atoms with van der Waals surface area (Å²) in [6, 6.07) is 1.80. The minimum atomic E-state index is -0.268. The summed E-state index contributed by atoms with van der Waals surface area (Å²) < 4.78 is 5.28. The van der Waals surface area contributed by atoms with Gasteiger partial charge in [-0.15, -0.1) is 0 Å². The van der Waals surface area contributed by atoms with Crippen molar-refractivity contribution in [3.8, 4) is 5.75 Å². The average molecular weight is 168 g/mol. The highest BCUT2D eigenvalue weighted by Gasteiger charge is 1.99. The van der Waals surface area contributed by atoms with Gasteiger partial charge >= 0.3 is 0 Å². The standard InChI is InChI=1S/C8H12N2O.CH4/c1-6-5-10-4-3-8(6)11-7(2)9;/h3-5,7H,9H2,1-2H3;1H4. The molecule has 0 saturated heterocycles. The number of hydrogen-bond acceptors (Lipinski definition) is 3. The van der Waals surface area contributed by atoms with Gasteiger partial charge in [0.25, 0.3) is 0 Å². The van der Waals surface area contributed by atoms with E-state index in [9.17, 15) is 0 Å². The molecule has 0 aliphatic carbocycles. The van der Waals surface area contributed by atoms with E-state index in [2.05, 4.69) is 4.98 Å². The average Bonchev–Trinajstić information content (AvgIpc) is 1.93. The molecule has 0 aliphatic rings. The molecule has 0 saturated carbocycles. The van der Waals surface area contributed by atoms with Crippen molar-refractivity contribution in [2.24, 2.45) is 5.73 Å². The van der Waals surface area contributed by atoms with Crippen LogP contribution in [0, 0.1) is 6.92 Å². The minimum Gasteiger partial charge on any atom is -0.475 e. The van der Waals surface area contributed by atoms with Crippen LogP contribution in [0.4, 0.5) is 0 Å². The lowest BCUT2D eigenvalue weighted by Gasteiger charge is -2.10. The molecule has 0 radical (unpaired) electrons. The lowest BCUT2D eigenvalue weighted by Crippen LogP contribution is -2.22. The number of nitrogens with zero attached hydrogens (tertiary/aromatic N) is 1. The molecule has 0 aliphatic heterocycles. The zero-order chi connectivity index (χ0) is 8.27. The zero-order valence-electron chi connectivity index (χ0n) is 6.74. The largest absolute Gasteiger partial charge is 0.475 e. The second-order valence-corrected chi connectivity index (χ2v) is 2.46. The van der Waals surface area contributed by atoms with Crippen LogP contribution in [0.25, 0.3) is 0 Å². The van der Waals surface area contributed by atoms with E-state index in [1.807, 2.05) is 6.92 Å². The quantitative estimate of drug-likeness (QED) is 0.684. The molecule has 0 fully saturated rings. The summed E-state index contributed by atoms with van der Waals surface area (Å²) in [5.74, 6) is 0.801. The summed E-state index contributed by atoms with van der Waals surface area (Å²) in [6.45, 7) is 3.73. The fourth-order valence-electron chi connectivity index (χ4n) is 0.793. The number of rotatable bonds is 2. The van der Waals surface area contributed by atoms with Gasteiger partial charge in [-0.25, -0.2) is 0 Å². The lowest BCUT2D eigenvalue weighted by atomic mass is 10.3. The normalized spacial score (nSPS) is 11.6. The predicted molar refractivity (Wildman–Crippen MR) is 50.0 cm³/mol. The molecule has 0 spiro atoms. The van der Waals surface area contributed by atoms with E-state index < -0.39 is 0 Å². The summed E-state index contributed by atoms with van der Waals surface area (Å²) in [5.41, 5.74) is 6.46. The molecule has 3 heteroatoms. The van der Waals surface area contributed by atoms with Crippen molar-refractivity contribution < 1.29 is 4.74 Å². The fourth-order valence-corrected chi connectivity index (χ4v) is 0.793. The molecule has 1 heterocycles. The Balaban J connectivity index is 0.00000121. The Labute approximate surface area is 73.6 Å². The van der Waals surface area contributed by atoms with Crippen molar-refractivity contribution >= 4 is 0 Å². The van der Waals surface area contributed by atoms with E-state index in [0.717, 1.165) is 11.3 Å². The zero-order valence-corrected chi connectivity index (χ0v) is 6.74. The summed E-state index contributed by atoms with van der Waals surface area (Å²) in [4.78, 5) is 3.93. The summed E-state index contributed by atoms with van der Waals surface area (Å²) in [5, 5.41) is 0. The molecule has 0 amide bonds. The molecular formula is C9H16N2O. The molecule has 1 aromatic heterocycles. The van der Waals surface area contributed by atoms with Crippen molar-refractivity contribution in [1.82, 2.24) is 4.98 Å². The fraction of sp³-hybridized carbons (Fsp3) is 0.444. The Morgan fingerprint density at radius 2 is 2.25 bits per heavy atom. The third kappa shape index (κ3) is 2.88. The van der Waals surface area contributed by atoms with Crippen LogP contribution in [0.15, 0.2) is 18.5 Å². The first kappa shape index (κ1) is 10.9. The third-order valence-electron chi connectivity index (χ3n) is 1.28. The van der Waals surface area contributed by atoms with Gasteiger partial charge in [-0.05, 0) is 19.9 Å². The highest BCUT2D eigenvalue weighted by molar-refractivity contribution is 5.28. The molecule has 1 rings (SSSR count). The maximum Gasteiger partial charge on any atom is 0.144 e. The molecule has 68 valence electrons. The number of aromatic nitrogens is 1. The lowest BCUT2D eigenvalue weighted by molar-refractivity contribution is 0.228. The van der Waals surface area contributed by atoms with Gasteiger partial charge in [0.1, 0.15) is 12.0 Å². The Morgan fingerprint density at radius 3 is 2.75 bits per heavy atom. The highest BCUT2D eigenvalue weighted by Crippen LogP contribution is 2.14. The smallest absolute Gasteiger partial charge is 0.144 e. The van der Waals surface area contributed by atoms with Gasteiger partial charge in [-0.3, -0.25) is 10.7 Å². The Bertz CT molecular complexity index is 236. The summed E-state index contributed by atoms with van der Waals surface area (Å²) in [6.07, 6.45) is 3.17. The third-order valence-corrected chi connectivity index (χ3v) is 1.28.